The van der Waals surface area contributed by atoms with E-state index in [1.165, 1.54) is 0 Å². The molecular formula is C5H9F3N2O2S2. The predicted octanol–water partition coefficient (Wildman–Crippen LogP) is 0.434. The highest BCUT2D eigenvalue weighted by atomic mass is 32.2. The molecule has 0 saturated carbocycles. The maximum Gasteiger partial charge on any atom is 0.511 e. The van der Waals surface area contributed by atoms with E-state index >= 15 is 0 Å². The van der Waals surface area contributed by atoms with E-state index in [0.29, 0.717) is 0 Å². The smallest absolute Gasteiger partial charge is 0.303 e. The van der Waals surface area contributed by atoms with Crippen LogP contribution in [-0.2, 0) is 10.0 Å². The molecule has 1 unspecified atom stereocenters. The second-order valence-corrected chi connectivity index (χ2v) is 6.00. The van der Waals surface area contributed by atoms with Gasteiger partial charge in [0.15, 0.2) is 0 Å². The molecule has 1 rings (SSSR count). The summed E-state index contributed by atoms with van der Waals surface area (Å²) in [5, 5.41) is 2.01. The van der Waals surface area contributed by atoms with Gasteiger partial charge in [0.2, 0.25) is 0 Å². The van der Waals surface area contributed by atoms with Gasteiger partial charge in [-0.1, -0.05) is 0 Å². The van der Waals surface area contributed by atoms with E-state index in [9.17, 15) is 21.6 Å². The summed E-state index contributed by atoms with van der Waals surface area (Å²) < 4.78 is 58.6. The van der Waals surface area contributed by atoms with Crippen molar-refractivity contribution in [2.24, 2.45) is 0 Å². The molecular weight excluding hydrogens is 241 g/mol. The van der Waals surface area contributed by atoms with Gasteiger partial charge in [0.25, 0.3) is 0 Å². The second kappa shape index (κ2) is 3.87. The minimum absolute atomic E-state index is 0.0454. The molecule has 2 atom stereocenters. The van der Waals surface area contributed by atoms with Gasteiger partial charge in [-0.3, -0.25) is 0 Å². The summed E-state index contributed by atoms with van der Waals surface area (Å²) in [4.78, 5) is 0. The molecule has 84 valence electrons. The fourth-order valence-electron chi connectivity index (χ4n) is 0.925. The Morgan fingerprint density at radius 1 is 1.50 bits per heavy atom. The number of hydrogen-bond acceptors (Lipinski definition) is 4. The van der Waals surface area contributed by atoms with Crippen molar-refractivity contribution < 1.29 is 21.6 Å². The van der Waals surface area contributed by atoms with Crippen LogP contribution in [0.3, 0.4) is 0 Å². The summed E-state index contributed by atoms with van der Waals surface area (Å²) in [6, 6.07) is 0. The molecule has 1 fully saturated rings. The molecule has 1 saturated heterocycles. The average molecular weight is 250 g/mol. The number of halogens is 3. The van der Waals surface area contributed by atoms with Crippen LogP contribution >= 0.6 is 11.8 Å². The number of hydrogen-bond donors (Lipinski definition) is 2. The number of nitrogens with one attached hydrogen (secondary N) is 2. The number of thioether (sulfide) groups is 1. The molecule has 4 nitrogen and oxygen atoms in total. The molecule has 1 heterocycles. The van der Waals surface area contributed by atoms with E-state index in [1.807, 2.05) is 0 Å². The molecule has 9 heteroatoms. The van der Waals surface area contributed by atoms with E-state index in [1.54, 1.807) is 11.6 Å². The van der Waals surface area contributed by atoms with Gasteiger partial charge in [-0.15, -0.1) is 11.8 Å². The van der Waals surface area contributed by atoms with Crippen LogP contribution in [0.25, 0.3) is 0 Å². The maximum absolute atomic E-state index is 11.9. The van der Waals surface area contributed by atoms with Gasteiger partial charge in [-0.05, 0) is 6.92 Å². The van der Waals surface area contributed by atoms with Gasteiger partial charge in [0.1, 0.15) is 0 Å². The summed E-state index contributed by atoms with van der Waals surface area (Å²) >= 11 is 1.11. The first-order valence-electron chi connectivity index (χ1n) is 3.70. The Morgan fingerprint density at radius 2 is 2.07 bits per heavy atom. The van der Waals surface area contributed by atoms with Crippen LogP contribution in [0.2, 0.25) is 0 Å². The van der Waals surface area contributed by atoms with Crippen molar-refractivity contribution >= 4 is 21.8 Å². The third-order valence-corrected chi connectivity index (χ3v) is 4.09. The molecule has 2 N–H and O–H groups in total. The lowest BCUT2D eigenvalue weighted by Crippen LogP contribution is -2.42. The van der Waals surface area contributed by atoms with Crippen molar-refractivity contribution in [1.29, 1.82) is 0 Å². The van der Waals surface area contributed by atoms with Crippen LogP contribution in [0.1, 0.15) is 6.92 Å². The fourth-order valence-corrected chi connectivity index (χ4v) is 2.97. The molecule has 14 heavy (non-hydrogen) atoms. The van der Waals surface area contributed by atoms with Gasteiger partial charge in [0.05, 0.1) is 10.7 Å². The van der Waals surface area contributed by atoms with Crippen LogP contribution in [0.4, 0.5) is 13.2 Å². The lowest BCUT2D eigenvalue weighted by molar-refractivity contribution is -0.0448. The van der Waals surface area contributed by atoms with E-state index in [0.717, 1.165) is 11.8 Å². The highest BCUT2D eigenvalue weighted by molar-refractivity contribution is 8.01. The summed E-state index contributed by atoms with van der Waals surface area (Å²) in [5.41, 5.74) is -5.24. The van der Waals surface area contributed by atoms with Crippen LogP contribution in [0.15, 0.2) is 0 Å². The number of sulfonamides is 1. The van der Waals surface area contributed by atoms with Crippen molar-refractivity contribution in [2.75, 3.05) is 6.54 Å². The van der Waals surface area contributed by atoms with Crippen LogP contribution < -0.4 is 10.0 Å². The summed E-state index contributed by atoms with van der Waals surface area (Å²) in [6.45, 7) is 1.94. The third-order valence-electron chi connectivity index (χ3n) is 1.55. The first-order chi connectivity index (χ1) is 6.22. The molecule has 0 amide bonds. The number of rotatable bonds is 2. The quantitative estimate of drug-likeness (QED) is 0.746. The lowest BCUT2D eigenvalue weighted by Gasteiger charge is -2.13. The molecule has 0 aliphatic carbocycles. The monoisotopic (exact) mass is 250 g/mol. The minimum Gasteiger partial charge on any atom is -0.303 e. The Labute approximate surface area is 83.7 Å². The molecule has 1 aliphatic rings. The van der Waals surface area contributed by atoms with Crippen molar-refractivity contribution in [3.8, 4) is 0 Å². The standard InChI is InChI=1S/C5H9F3N2O2S2/c1-3-9-2-4(13-3)10-14(11,12)5(6,7)8/h3-4,9-10H,2H2,1H3/t3-,4?/m0/s1. The molecule has 0 bridgehead atoms. The summed E-state index contributed by atoms with van der Waals surface area (Å²) in [6.07, 6.45) is 0. The van der Waals surface area contributed by atoms with Gasteiger partial charge in [-0.25, -0.2) is 8.42 Å². The Kier molecular flexibility index (Phi) is 3.34. The van der Waals surface area contributed by atoms with E-state index in [-0.39, 0.29) is 11.9 Å². The Bertz CT molecular complexity index is 303. The van der Waals surface area contributed by atoms with Gasteiger partial charge < -0.3 is 5.32 Å². The normalized spacial score (nSPS) is 29.4. The highest BCUT2D eigenvalue weighted by Crippen LogP contribution is 2.26. The van der Waals surface area contributed by atoms with Gasteiger partial charge in [0, 0.05) is 6.54 Å². The molecule has 0 spiro atoms. The maximum atomic E-state index is 11.9. The number of alkyl halides is 3. The third kappa shape index (κ3) is 2.75. The Balaban J connectivity index is 2.61. The zero-order chi connectivity index (χ0) is 11.0. The predicted molar refractivity (Wildman–Crippen MR) is 47.0 cm³/mol. The SMILES string of the molecule is C[C@H]1NCC(NS(=O)(=O)C(F)(F)F)S1. The fraction of sp³-hybridized carbons (Fsp3) is 1.00. The second-order valence-electron chi connectivity index (χ2n) is 2.74. The average Bonchev–Trinajstić information content (AvgIpc) is 2.31. The molecule has 0 radical (unpaired) electrons. The largest absolute Gasteiger partial charge is 0.511 e. The van der Waals surface area contributed by atoms with Crippen LogP contribution in [0.5, 0.6) is 0 Å². The van der Waals surface area contributed by atoms with Crippen LogP contribution in [-0.4, -0.2) is 31.2 Å². The van der Waals surface area contributed by atoms with Gasteiger partial charge in [-0.2, -0.15) is 17.9 Å². The van der Waals surface area contributed by atoms with Crippen molar-refractivity contribution in [1.82, 2.24) is 10.0 Å². The molecule has 0 aromatic carbocycles. The van der Waals surface area contributed by atoms with Crippen molar-refractivity contribution in [2.45, 2.75) is 23.2 Å². The minimum atomic E-state index is -5.24. The Hall–Kier alpha value is 0.01000. The highest BCUT2D eigenvalue weighted by Gasteiger charge is 2.47. The topological polar surface area (TPSA) is 58.2 Å². The lowest BCUT2D eigenvalue weighted by atomic mass is 10.6. The zero-order valence-electron chi connectivity index (χ0n) is 7.13. The van der Waals surface area contributed by atoms with E-state index < -0.39 is 20.9 Å². The van der Waals surface area contributed by atoms with Crippen molar-refractivity contribution in [3.63, 3.8) is 0 Å². The first kappa shape index (κ1) is 12.1. The van der Waals surface area contributed by atoms with Crippen LogP contribution in [0, 0.1) is 0 Å². The first-order valence-corrected chi connectivity index (χ1v) is 6.12. The molecule has 1 aliphatic heterocycles. The Morgan fingerprint density at radius 3 is 2.43 bits per heavy atom. The zero-order valence-corrected chi connectivity index (χ0v) is 8.76. The van der Waals surface area contributed by atoms with Crippen molar-refractivity contribution in [3.05, 3.63) is 0 Å². The molecule has 0 aromatic heterocycles. The summed E-state index contributed by atoms with van der Waals surface area (Å²) in [5.74, 6) is 0. The van der Waals surface area contributed by atoms with Gasteiger partial charge >= 0.3 is 15.5 Å². The summed E-state index contributed by atoms with van der Waals surface area (Å²) in [7, 11) is -5.22. The molecule has 0 aromatic rings. The van der Waals surface area contributed by atoms with E-state index in [4.69, 9.17) is 0 Å². The van der Waals surface area contributed by atoms with E-state index in [2.05, 4.69) is 5.32 Å².